The van der Waals surface area contributed by atoms with Gasteiger partial charge in [0.1, 0.15) is 11.6 Å². The maximum atomic E-state index is 6.07. The molecule has 162 valence electrons. The summed E-state index contributed by atoms with van der Waals surface area (Å²) in [6.45, 7) is 2.89. The zero-order valence-electron chi connectivity index (χ0n) is 18.1. The Morgan fingerprint density at radius 3 is 2.69 bits per heavy atom. The van der Waals surface area contributed by atoms with Crippen LogP contribution in [0.2, 0.25) is 5.02 Å². The number of nitrogens with zero attached hydrogens (tertiary/aromatic N) is 5. The number of aryl methyl sites for hydroxylation is 1. The van der Waals surface area contributed by atoms with Crippen molar-refractivity contribution < 1.29 is 4.74 Å². The van der Waals surface area contributed by atoms with Crippen molar-refractivity contribution in [3.8, 4) is 11.4 Å². The molecule has 2 aromatic carbocycles. The number of methoxy groups -OCH3 is 1. The van der Waals surface area contributed by atoms with E-state index in [9.17, 15) is 0 Å². The van der Waals surface area contributed by atoms with E-state index < -0.39 is 0 Å². The van der Waals surface area contributed by atoms with Crippen LogP contribution in [0.15, 0.2) is 55.0 Å². The van der Waals surface area contributed by atoms with Crippen molar-refractivity contribution in [3.63, 3.8) is 0 Å². The van der Waals surface area contributed by atoms with Crippen molar-refractivity contribution in [1.82, 2.24) is 24.3 Å². The van der Waals surface area contributed by atoms with Crippen LogP contribution in [-0.2, 0) is 6.54 Å². The number of halogens is 1. The van der Waals surface area contributed by atoms with Crippen LogP contribution in [0.5, 0.6) is 5.75 Å². The van der Waals surface area contributed by atoms with Gasteiger partial charge in [0.2, 0.25) is 0 Å². The Bertz CT molecular complexity index is 1270. The molecule has 0 fully saturated rings. The van der Waals surface area contributed by atoms with Crippen molar-refractivity contribution in [2.45, 2.75) is 32.2 Å². The number of hydrogen-bond acceptors (Lipinski definition) is 4. The Morgan fingerprint density at radius 1 is 1.09 bits per heavy atom. The first-order valence-electron chi connectivity index (χ1n) is 10.7. The molecule has 0 spiro atoms. The zero-order valence-corrected chi connectivity index (χ0v) is 18.8. The summed E-state index contributed by atoms with van der Waals surface area (Å²) in [6.07, 6.45) is 10.0. The number of ether oxygens (including phenoxy) is 1. The molecular formula is C25H24ClN5O. The number of rotatable bonds is 5. The molecule has 32 heavy (non-hydrogen) atoms. The summed E-state index contributed by atoms with van der Waals surface area (Å²) in [6, 6.07) is 14.2. The Labute approximate surface area is 192 Å². The average molecular weight is 446 g/mol. The third-order valence-electron chi connectivity index (χ3n) is 5.89. The van der Waals surface area contributed by atoms with Gasteiger partial charge < -0.3 is 13.9 Å². The molecule has 6 nitrogen and oxygen atoms in total. The van der Waals surface area contributed by atoms with E-state index in [-0.39, 0.29) is 5.92 Å². The fourth-order valence-corrected chi connectivity index (χ4v) is 4.39. The molecule has 0 amide bonds. The standard InChI is InChI=1S/C25H24ClN5O/c1-17-15-30(16-27-17)22-11-5-18(14-23(22)32-2)6-12-24-28-29-25-21(4-3-13-31(24)25)19-7-9-20(26)10-8-19/h5-12,14-16,21H,3-4,13H2,1-2H3/t21-/m1/s1. The lowest BCUT2D eigenvalue weighted by Crippen LogP contribution is -2.17. The highest BCUT2D eigenvalue weighted by Crippen LogP contribution is 2.33. The maximum Gasteiger partial charge on any atom is 0.156 e. The largest absolute Gasteiger partial charge is 0.495 e. The van der Waals surface area contributed by atoms with Gasteiger partial charge in [0.05, 0.1) is 24.8 Å². The van der Waals surface area contributed by atoms with Crippen LogP contribution in [0.4, 0.5) is 0 Å². The van der Waals surface area contributed by atoms with Gasteiger partial charge in [-0.15, -0.1) is 10.2 Å². The summed E-state index contributed by atoms with van der Waals surface area (Å²) in [5.74, 6) is 2.91. The van der Waals surface area contributed by atoms with Gasteiger partial charge in [-0.25, -0.2) is 4.98 Å². The minimum Gasteiger partial charge on any atom is -0.495 e. The summed E-state index contributed by atoms with van der Waals surface area (Å²) in [4.78, 5) is 4.30. The van der Waals surface area contributed by atoms with E-state index in [2.05, 4.69) is 44.0 Å². The van der Waals surface area contributed by atoms with Crippen molar-refractivity contribution in [2.75, 3.05) is 7.11 Å². The molecule has 4 aromatic rings. The summed E-state index contributed by atoms with van der Waals surface area (Å²) < 4.78 is 9.81. The highest BCUT2D eigenvalue weighted by atomic mass is 35.5. The molecule has 7 heteroatoms. The van der Waals surface area contributed by atoms with Crippen molar-refractivity contribution >= 4 is 23.8 Å². The molecular weight excluding hydrogens is 422 g/mol. The second-order valence-electron chi connectivity index (χ2n) is 8.00. The lowest BCUT2D eigenvalue weighted by atomic mass is 9.91. The third kappa shape index (κ3) is 3.94. The average Bonchev–Trinajstić information content (AvgIpc) is 3.44. The fraction of sp³-hybridized carbons (Fsp3) is 0.240. The third-order valence-corrected chi connectivity index (χ3v) is 6.14. The molecule has 0 unspecified atom stereocenters. The van der Waals surface area contributed by atoms with Gasteiger partial charge in [0.15, 0.2) is 5.82 Å². The molecule has 3 heterocycles. The normalized spacial score (nSPS) is 15.8. The van der Waals surface area contributed by atoms with Gasteiger partial charge in [-0.05, 0) is 61.2 Å². The number of aromatic nitrogens is 5. The van der Waals surface area contributed by atoms with Gasteiger partial charge in [0.25, 0.3) is 0 Å². The molecule has 1 atom stereocenters. The zero-order chi connectivity index (χ0) is 22.1. The van der Waals surface area contributed by atoms with E-state index in [0.717, 1.165) is 58.8 Å². The predicted octanol–water partition coefficient (Wildman–Crippen LogP) is 5.53. The van der Waals surface area contributed by atoms with Crippen LogP contribution < -0.4 is 4.74 Å². The summed E-state index contributed by atoms with van der Waals surface area (Å²) in [5, 5.41) is 9.76. The minimum atomic E-state index is 0.244. The molecule has 0 bridgehead atoms. The molecule has 2 aromatic heterocycles. The Kier molecular flexibility index (Phi) is 5.53. The molecule has 1 aliphatic heterocycles. The van der Waals surface area contributed by atoms with Crippen molar-refractivity contribution in [1.29, 1.82) is 0 Å². The van der Waals surface area contributed by atoms with E-state index in [1.54, 1.807) is 13.4 Å². The summed E-state index contributed by atoms with van der Waals surface area (Å²) in [5.41, 5.74) is 4.18. The smallest absolute Gasteiger partial charge is 0.156 e. The number of hydrogen-bond donors (Lipinski definition) is 0. The van der Waals surface area contributed by atoms with E-state index in [1.165, 1.54) is 5.56 Å². The van der Waals surface area contributed by atoms with Crippen LogP contribution >= 0.6 is 11.6 Å². The number of fused-ring (bicyclic) bond motifs is 1. The molecule has 5 rings (SSSR count). The fourth-order valence-electron chi connectivity index (χ4n) is 4.27. The van der Waals surface area contributed by atoms with Crippen molar-refractivity contribution in [3.05, 3.63) is 88.5 Å². The van der Waals surface area contributed by atoms with Crippen LogP contribution in [0.1, 0.15) is 47.2 Å². The van der Waals surface area contributed by atoms with E-state index in [4.69, 9.17) is 16.3 Å². The molecule has 0 N–H and O–H groups in total. The minimum absolute atomic E-state index is 0.244. The predicted molar refractivity (Wildman–Crippen MR) is 126 cm³/mol. The van der Waals surface area contributed by atoms with Gasteiger partial charge >= 0.3 is 0 Å². The maximum absolute atomic E-state index is 6.07. The first-order valence-corrected chi connectivity index (χ1v) is 11.1. The quantitative estimate of drug-likeness (QED) is 0.405. The number of benzene rings is 2. The van der Waals surface area contributed by atoms with Gasteiger partial charge in [-0.2, -0.15) is 0 Å². The van der Waals surface area contributed by atoms with E-state index in [1.807, 2.05) is 48.0 Å². The van der Waals surface area contributed by atoms with Crippen LogP contribution in [0, 0.1) is 6.92 Å². The van der Waals surface area contributed by atoms with Crippen molar-refractivity contribution in [2.24, 2.45) is 0 Å². The SMILES string of the molecule is COc1cc(C=Cc2nnc3n2CCC[C@@H]3c2ccc(Cl)cc2)ccc1-n1cnc(C)c1. The van der Waals surface area contributed by atoms with Crippen LogP contribution in [-0.4, -0.2) is 31.4 Å². The van der Waals surface area contributed by atoms with Crippen LogP contribution in [0.3, 0.4) is 0 Å². The topological polar surface area (TPSA) is 57.8 Å². The Hall–Kier alpha value is -3.38. The summed E-state index contributed by atoms with van der Waals surface area (Å²) >= 11 is 6.07. The van der Waals surface area contributed by atoms with E-state index in [0.29, 0.717) is 0 Å². The molecule has 0 saturated heterocycles. The first kappa shape index (κ1) is 20.5. The summed E-state index contributed by atoms with van der Waals surface area (Å²) in [7, 11) is 1.68. The van der Waals surface area contributed by atoms with Crippen LogP contribution in [0.25, 0.3) is 17.8 Å². The molecule has 0 radical (unpaired) electrons. The number of imidazole rings is 1. The lowest BCUT2D eigenvalue weighted by molar-refractivity contribution is 0.413. The van der Waals surface area contributed by atoms with Gasteiger partial charge in [0, 0.05) is 23.7 Å². The first-order chi connectivity index (χ1) is 15.6. The molecule has 1 aliphatic rings. The van der Waals surface area contributed by atoms with Gasteiger partial charge in [-0.1, -0.05) is 35.9 Å². The Morgan fingerprint density at radius 2 is 1.94 bits per heavy atom. The monoisotopic (exact) mass is 445 g/mol. The molecule has 0 saturated carbocycles. The highest BCUT2D eigenvalue weighted by molar-refractivity contribution is 6.30. The second kappa shape index (κ2) is 8.63. The molecule has 0 aliphatic carbocycles. The second-order valence-corrected chi connectivity index (χ2v) is 8.44. The lowest BCUT2D eigenvalue weighted by Gasteiger charge is -2.23. The Balaban J connectivity index is 1.41. The van der Waals surface area contributed by atoms with E-state index >= 15 is 0 Å². The van der Waals surface area contributed by atoms with Gasteiger partial charge in [-0.3, -0.25) is 0 Å². The highest BCUT2D eigenvalue weighted by Gasteiger charge is 2.25.